The Kier molecular flexibility index (Phi) is 4.56. The van der Waals surface area contributed by atoms with Gasteiger partial charge in [-0.1, -0.05) is 29.8 Å². The molecular weight excluding hydrogens is 276 g/mol. The Labute approximate surface area is 131 Å². The molecule has 1 aromatic rings. The fourth-order valence-corrected chi connectivity index (χ4v) is 3.25. The van der Waals surface area contributed by atoms with Gasteiger partial charge in [0.2, 0.25) is 11.8 Å². The minimum atomic E-state index is -0.370. The van der Waals surface area contributed by atoms with Gasteiger partial charge in [0, 0.05) is 18.7 Å². The summed E-state index contributed by atoms with van der Waals surface area (Å²) < 4.78 is 0. The number of para-hydroxylation sites is 1. The molecule has 2 N–H and O–H groups in total. The second-order valence-corrected chi connectivity index (χ2v) is 6.04. The van der Waals surface area contributed by atoms with Gasteiger partial charge >= 0.3 is 0 Å². The maximum atomic E-state index is 12.4. The lowest BCUT2D eigenvalue weighted by Gasteiger charge is -2.25. The van der Waals surface area contributed by atoms with Gasteiger partial charge in [0.1, 0.15) is 0 Å². The van der Waals surface area contributed by atoms with E-state index in [2.05, 4.69) is 16.7 Å². The Balaban J connectivity index is 1.60. The molecule has 116 valence electrons. The van der Waals surface area contributed by atoms with Crippen molar-refractivity contribution in [1.29, 1.82) is 0 Å². The minimum absolute atomic E-state index is 0.0429. The maximum absolute atomic E-state index is 12.4. The highest BCUT2D eigenvalue weighted by Crippen LogP contribution is 2.32. The number of anilines is 1. The van der Waals surface area contributed by atoms with Crippen molar-refractivity contribution in [3.05, 3.63) is 41.5 Å². The summed E-state index contributed by atoms with van der Waals surface area (Å²) in [6.07, 6.45) is 8.32. The van der Waals surface area contributed by atoms with Crippen LogP contribution < -0.4 is 10.6 Å². The molecule has 0 saturated carbocycles. The summed E-state index contributed by atoms with van der Waals surface area (Å²) in [5.41, 5.74) is 3.12. The second kappa shape index (κ2) is 6.77. The SMILES string of the molecule is O=C1C[C@H](C(=O)NCCC2=CCCCC2)c2ccccc2N1. The van der Waals surface area contributed by atoms with Crippen LogP contribution in [0, 0.1) is 0 Å². The molecule has 4 heteroatoms. The molecule has 0 unspecified atom stereocenters. The first kappa shape index (κ1) is 14.8. The Morgan fingerprint density at radius 1 is 1.27 bits per heavy atom. The molecular formula is C18H22N2O2. The van der Waals surface area contributed by atoms with Gasteiger partial charge in [-0.25, -0.2) is 0 Å². The molecule has 22 heavy (non-hydrogen) atoms. The predicted octanol–water partition coefficient (Wildman–Crippen LogP) is 3.12. The Bertz CT molecular complexity index is 607. The number of carbonyl (C=O) groups is 2. The molecule has 1 atom stereocenters. The lowest BCUT2D eigenvalue weighted by atomic mass is 9.89. The maximum Gasteiger partial charge on any atom is 0.228 e. The number of fused-ring (bicyclic) bond motifs is 1. The molecule has 1 heterocycles. The lowest BCUT2D eigenvalue weighted by molar-refractivity contribution is -0.126. The third kappa shape index (κ3) is 3.38. The minimum Gasteiger partial charge on any atom is -0.355 e. The predicted molar refractivity (Wildman–Crippen MR) is 86.6 cm³/mol. The van der Waals surface area contributed by atoms with E-state index < -0.39 is 0 Å². The molecule has 1 aromatic carbocycles. The van der Waals surface area contributed by atoms with E-state index in [-0.39, 0.29) is 24.2 Å². The number of rotatable bonds is 4. The van der Waals surface area contributed by atoms with Crippen LogP contribution in [0.5, 0.6) is 0 Å². The van der Waals surface area contributed by atoms with Crippen LogP contribution in [0.15, 0.2) is 35.9 Å². The van der Waals surface area contributed by atoms with Gasteiger partial charge < -0.3 is 10.6 Å². The van der Waals surface area contributed by atoms with E-state index >= 15 is 0 Å². The molecule has 1 aliphatic carbocycles. The van der Waals surface area contributed by atoms with E-state index in [0.717, 1.165) is 24.1 Å². The van der Waals surface area contributed by atoms with Crippen LogP contribution in [0.3, 0.4) is 0 Å². The van der Waals surface area contributed by atoms with Crippen LogP contribution >= 0.6 is 0 Å². The average Bonchev–Trinajstić information content (AvgIpc) is 2.55. The van der Waals surface area contributed by atoms with Crippen molar-refractivity contribution in [1.82, 2.24) is 5.32 Å². The summed E-state index contributed by atoms with van der Waals surface area (Å²) in [7, 11) is 0. The fourth-order valence-electron chi connectivity index (χ4n) is 3.25. The van der Waals surface area contributed by atoms with Crippen LogP contribution in [0.1, 0.15) is 50.0 Å². The van der Waals surface area contributed by atoms with Crippen molar-refractivity contribution in [3.8, 4) is 0 Å². The van der Waals surface area contributed by atoms with Gasteiger partial charge in [-0.2, -0.15) is 0 Å². The number of nitrogens with one attached hydrogen (secondary N) is 2. The van der Waals surface area contributed by atoms with Gasteiger partial charge in [-0.3, -0.25) is 9.59 Å². The smallest absolute Gasteiger partial charge is 0.228 e. The van der Waals surface area contributed by atoms with Crippen LogP contribution in [0.4, 0.5) is 5.69 Å². The molecule has 3 rings (SSSR count). The molecule has 2 aliphatic rings. The van der Waals surface area contributed by atoms with Gasteiger partial charge in [-0.05, 0) is 43.7 Å². The Morgan fingerprint density at radius 2 is 2.14 bits per heavy atom. The molecule has 0 saturated heterocycles. The van der Waals surface area contributed by atoms with Crippen LogP contribution in [-0.2, 0) is 9.59 Å². The zero-order chi connectivity index (χ0) is 15.4. The Morgan fingerprint density at radius 3 is 2.95 bits per heavy atom. The topological polar surface area (TPSA) is 58.2 Å². The van der Waals surface area contributed by atoms with Gasteiger partial charge in [-0.15, -0.1) is 0 Å². The van der Waals surface area contributed by atoms with Crippen molar-refractivity contribution < 1.29 is 9.59 Å². The van der Waals surface area contributed by atoms with Crippen LogP contribution in [0.25, 0.3) is 0 Å². The summed E-state index contributed by atoms with van der Waals surface area (Å²) in [5, 5.41) is 5.83. The summed E-state index contributed by atoms with van der Waals surface area (Å²) in [6, 6.07) is 7.54. The molecule has 0 radical (unpaired) electrons. The number of allylic oxidation sites excluding steroid dienone is 1. The molecule has 1 aliphatic heterocycles. The highest BCUT2D eigenvalue weighted by atomic mass is 16.2. The van der Waals surface area contributed by atoms with Crippen LogP contribution in [-0.4, -0.2) is 18.4 Å². The molecule has 2 amide bonds. The number of benzene rings is 1. The largest absolute Gasteiger partial charge is 0.355 e. The van der Waals surface area contributed by atoms with E-state index in [1.165, 1.54) is 24.8 Å². The first-order valence-corrected chi connectivity index (χ1v) is 8.08. The lowest BCUT2D eigenvalue weighted by Crippen LogP contribution is -2.35. The molecule has 0 aromatic heterocycles. The van der Waals surface area contributed by atoms with Gasteiger partial charge in [0.05, 0.1) is 5.92 Å². The summed E-state index contributed by atoms with van der Waals surface area (Å²) in [5.74, 6) is -0.502. The molecule has 0 fully saturated rings. The number of carbonyl (C=O) groups excluding carboxylic acids is 2. The fraction of sp³-hybridized carbons (Fsp3) is 0.444. The number of hydrogen-bond donors (Lipinski definition) is 2. The highest BCUT2D eigenvalue weighted by Gasteiger charge is 2.30. The van der Waals surface area contributed by atoms with Crippen molar-refractivity contribution in [3.63, 3.8) is 0 Å². The first-order valence-electron chi connectivity index (χ1n) is 8.08. The van der Waals surface area contributed by atoms with E-state index in [4.69, 9.17) is 0 Å². The second-order valence-electron chi connectivity index (χ2n) is 6.04. The molecule has 0 spiro atoms. The quantitative estimate of drug-likeness (QED) is 0.839. The van der Waals surface area contributed by atoms with E-state index in [0.29, 0.717) is 6.54 Å². The van der Waals surface area contributed by atoms with E-state index in [1.807, 2.05) is 24.3 Å². The van der Waals surface area contributed by atoms with Crippen molar-refractivity contribution in [2.45, 2.75) is 44.4 Å². The third-order valence-corrected chi connectivity index (χ3v) is 4.45. The summed E-state index contributed by atoms with van der Waals surface area (Å²) in [4.78, 5) is 24.2. The Hall–Kier alpha value is -2.10. The number of hydrogen-bond acceptors (Lipinski definition) is 2. The summed E-state index contributed by atoms with van der Waals surface area (Å²) >= 11 is 0. The summed E-state index contributed by atoms with van der Waals surface area (Å²) in [6.45, 7) is 0.658. The first-order chi connectivity index (χ1) is 10.7. The third-order valence-electron chi connectivity index (χ3n) is 4.45. The van der Waals surface area contributed by atoms with Crippen molar-refractivity contribution >= 4 is 17.5 Å². The van der Waals surface area contributed by atoms with Crippen LogP contribution in [0.2, 0.25) is 0 Å². The molecule has 0 bridgehead atoms. The van der Waals surface area contributed by atoms with Gasteiger partial charge in [0.15, 0.2) is 0 Å². The molecule has 4 nitrogen and oxygen atoms in total. The van der Waals surface area contributed by atoms with E-state index in [9.17, 15) is 9.59 Å². The van der Waals surface area contributed by atoms with Gasteiger partial charge in [0.25, 0.3) is 0 Å². The monoisotopic (exact) mass is 298 g/mol. The number of amides is 2. The van der Waals surface area contributed by atoms with E-state index in [1.54, 1.807) is 0 Å². The standard InChI is InChI=1S/C18H22N2O2/c21-17-12-15(14-8-4-5-9-16(14)20-17)18(22)19-11-10-13-6-2-1-3-7-13/h4-6,8-9,15H,1-3,7,10-12H2,(H,19,22)(H,20,21)/t15-/m0/s1. The average molecular weight is 298 g/mol. The zero-order valence-corrected chi connectivity index (χ0v) is 12.7. The normalized spacial score (nSPS) is 20.6. The zero-order valence-electron chi connectivity index (χ0n) is 12.7. The van der Waals surface area contributed by atoms with Crippen molar-refractivity contribution in [2.24, 2.45) is 0 Å². The highest BCUT2D eigenvalue weighted by molar-refractivity contribution is 6.01. The van der Waals surface area contributed by atoms with Crippen molar-refractivity contribution in [2.75, 3.05) is 11.9 Å².